The SMILES string of the molecule is COc1cccc(C2CCN(Cc3nc4ccccc4n3C)CC2)c1. The molecule has 1 aliphatic rings. The zero-order valence-corrected chi connectivity index (χ0v) is 15.0. The Morgan fingerprint density at radius 3 is 2.64 bits per heavy atom. The minimum absolute atomic E-state index is 0.631. The van der Waals surface area contributed by atoms with E-state index in [9.17, 15) is 0 Å². The quantitative estimate of drug-likeness (QED) is 0.723. The number of fused-ring (bicyclic) bond motifs is 1. The third-order valence-electron chi connectivity index (χ3n) is 5.40. The minimum atomic E-state index is 0.631. The van der Waals surface area contributed by atoms with Crippen LogP contribution < -0.4 is 4.74 Å². The molecule has 1 aromatic heterocycles. The van der Waals surface area contributed by atoms with Crippen LogP contribution in [0, 0.1) is 0 Å². The highest BCUT2D eigenvalue weighted by molar-refractivity contribution is 5.75. The van der Waals surface area contributed by atoms with Gasteiger partial charge in [0.25, 0.3) is 0 Å². The first-order valence-electron chi connectivity index (χ1n) is 9.01. The number of methoxy groups -OCH3 is 1. The first kappa shape index (κ1) is 16.2. The molecule has 0 bridgehead atoms. The summed E-state index contributed by atoms with van der Waals surface area (Å²) in [5.41, 5.74) is 3.71. The number of piperidine rings is 1. The third-order valence-corrected chi connectivity index (χ3v) is 5.40. The summed E-state index contributed by atoms with van der Waals surface area (Å²) >= 11 is 0. The Balaban J connectivity index is 1.42. The largest absolute Gasteiger partial charge is 0.497 e. The molecule has 4 nitrogen and oxygen atoms in total. The second-order valence-electron chi connectivity index (χ2n) is 6.90. The zero-order chi connectivity index (χ0) is 17.2. The Hall–Kier alpha value is -2.33. The molecular weight excluding hydrogens is 310 g/mol. The number of imidazole rings is 1. The van der Waals surface area contributed by atoms with E-state index in [2.05, 4.69) is 59.0 Å². The lowest BCUT2D eigenvalue weighted by molar-refractivity contribution is 0.199. The van der Waals surface area contributed by atoms with Crippen LogP contribution in [0.15, 0.2) is 48.5 Å². The Bertz CT molecular complexity index is 862. The molecule has 130 valence electrons. The van der Waals surface area contributed by atoms with Crippen molar-refractivity contribution in [3.05, 3.63) is 59.9 Å². The average Bonchev–Trinajstić information content (AvgIpc) is 2.98. The van der Waals surface area contributed by atoms with E-state index in [-0.39, 0.29) is 0 Å². The number of aryl methyl sites for hydroxylation is 1. The van der Waals surface area contributed by atoms with E-state index in [0.717, 1.165) is 36.7 Å². The van der Waals surface area contributed by atoms with Gasteiger partial charge >= 0.3 is 0 Å². The number of aromatic nitrogens is 2. The number of para-hydroxylation sites is 2. The standard InChI is InChI=1S/C21H25N3O/c1-23-20-9-4-3-8-19(20)22-21(23)15-24-12-10-16(11-13-24)17-6-5-7-18(14-17)25-2/h3-9,14,16H,10-13,15H2,1-2H3. The molecule has 1 fully saturated rings. The van der Waals surface area contributed by atoms with E-state index in [1.807, 2.05) is 6.07 Å². The minimum Gasteiger partial charge on any atom is -0.497 e. The van der Waals surface area contributed by atoms with Gasteiger partial charge in [0.2, 0.25) is 0 Å². The number of benzene rings is 2. The zero-order valence-electron chi connectivity index (χ0n) is 15.0. The van der Waals surface area contributed by atoms with Crippen molar-refractivity contribution in [3.8, 4) is 5.75 Å². The van der Waals surface area contributed by atoms with Crippen LogP contribution in [0.1, 0.15) is 30.1 Å². The van der Waals surface area contributed by atoms with Gasteiger partial charge in [-0.15, -0.1) is 0 Å². The highest BCUT2D eigenvalue weighted by Crippen LogP contribution is 2.30. The van der Waals surface area contributed by atoms with Crippen LogP contribution in [0.25, 0.3) is 11.0 Å². The number of nitrogens with zero attached hydrogens (tertiary/aromatic N) is 3. The van der Waals surface area contributed by atoms with Crippen molar-refractivity contribution in [1.29, 1.82) is 0 Å². The molecule has 3 aromatic rings. The highest BCUT2D eigenvalue weighted by Gasteiger charge is 2.22. The maximum Gasteiger partial charge on any atom is 0.123 e. The Morgan fingerprint density at radius 1 is 1.08 bits per heavy atom. The van der Waals surface area contributed by atoms with Crippen molar-refractivity contribution >= 4 is 11.0 Å². The van der Waals surface area contributed by atoms with Crippen LogP contribution in [0.2, 0.25) is 0 Å². The van der Waals surface area contributed by atoms with E-state index in [0.29, 0.717) is 5.92 Å². The van der Waals surface area contributed by atoms with Gasteiger partial charge in [-0.2, -0.15) is 0 Å². The predicted octanol–water partition coefficient (Wildman–Crippen LogP) is 3.96. The van der Waals surface area contributed by atoms with Crippen molar-refractivity contribution in [3.63, 3.8) is 0 Å². The summed E-state index contributed by atoms with van der Waals surface area (Å²) in [7, 11) is 3.85. The number of hydrogen-bond acceptors (Lipinski definition) is 3. The van der Waals surface area contributed by atoms with Crippen molar-refractivity contribution in [2.24, 2.45) is 7.05 Å². The Labute approximate surface area is 149 Å². The van der Waals surface area contributed by atoms with Gasteiger partial charge in [0.15, 0.2) is 0 Å². The maximum absolute atomic E-state index is 5.37. The van der Waals surface area contributed by atoms with E-state index in [1.54, 1.807) is 7.11 Å². The summed E-state index contributed by atoms with van der Waals surface area (Å²) in [5.74, 6) is 2.74. The molecule has 4 rings (SSSR count). The smallest absolute Gasteiger partial charge is 0.123 e. The lowest BCUT2D eigenvalue weighted by atomic mass is 9.89. The lowest BCUT2D eigenvalue weighted by Crippen LogP contribution is -2.33. The molecular formula is C21H25N3O. The monoisotopic (exact) mass is 335 g/mol. The van der Waals surface area contributed by atoms with Gasteiger partial charge in [0.1, 0.15) is 11.6 Å². The number of rotatable bonds is 4. The van der Waals surface area contributed by atoms with Crippen LogP contribution in [0.5, 0.6) is 5.75 Å². The van der Waals surface area contributed by atoms with Gasteiger partial charge < -0.3 is 9.30 Å². The molecule has 0 atom stereocenters. The molecule has 0 radical (unpaired) electrons. The van der Waals surface area contributed by atoms with Gasteiger partial charge in [-0.25, -0.2) is 4.98 Å². The second-order valence-corrected chi connectivity index (χ2v) is 6.90. The fourth-order valence-electron chi connectivity index (χ4n) is 3.86. The fraction of sp³-hybridized carbons (Fsp3) is 0.381. The van der Waals surface area contributed by atoms with E-state index >= 15 is 0 Å². The van der Waals surface area contributed by atoms with Crippen LogP contribution >= 0.6 is 0 Å². The van der Waals surface area contributed by atoms with Crippen molar-refractivity contribution in [1.82, 2.24) is 14.5 Å². The van der Waals surface area contributed by atoms with Crippen LogP contribution in [-0.4, -0.2) is 34.7 Å². The number of ether oxygens (including phenoxy) is 1. The summed E-state index contributed by atoms with van der Waals surface area (Å²) in [6.45, 7) is 3.16. The van der Waals surface area contributed by atoms with Gasteiger partial charge in [-0.1, -0.05) is 24.3 Å². The van der Waals surface area contributed by atoms with Gasteiger partial charge in [-0.3, -0.25) is 4.90 Å². The lowest BCUT2D eigenvalue weighted by Gasteiger charge is -2.32. The van der Waals surface area contributed by atoms with Gasteiger partial charge in [-0.05, 0) is 61.7 Å². The molecule has 0 N–H and O–H groups in total. The molecule has 4 heteroatoms. The first-order chi connectivity index (χ1) is 12.2. The number of hydrogen-bond donors (Lipinski definition) is 0. The van der Waals surface area contributed by atoms with Gasteiger partial charge in [0.05, 0.1) is 24.7 Å². The van der Waals surface area contributed by atoms with Crippen molar-refractivity contribution in [2.75, 3.05) is 20.2 Å². The summed E-state index contributed by atoms with van der Waals surface area (Å²) < 4.78 is 7.59. The summed E-state index contributed by atoms with van der Waals surface area (Å²) in [6.07, 6.45) is 2.38. The molecule has 0 aliphatic carbocycles. The Morgan fingerprint density at radius 2 is 1.88 bits per heavy atom. The van der Waals surface area contributed by atoms with Crippen molar-refractivity contribution in [2.45, 2.75) is 25.3 Å². The van der Waals surface area contributed by atoms with E-state index in [1.165, 1.54) is 23.9 Å². The topological polar surface area (TPSA) is 30.3 Å². The second kappa shape index (κ2) is 6.89. The van der Waals surface area contributed by atoms with Crippen molar-refractivity contribution < 1.29 is 4.74 Å². The Kier molecular flexibility index (Phi) is 4.45. The van der Waals surface area contributed by atoms with Crippen LogP contribution in [-0.2, 0) is 13.6 Å². The molecule has 0 spiro atoms. The predicted molar refractivity (Wildman–Crippen MR) is 101 cm³/mol. The normalized spacial score (nSPS) is 16.4. The molecule has 0 saturated carbocycles. The molecule has 2 aromatic carbocycles. The average molecular weight is 335 g/mol. The molecule has 0 unspecified atom stereocenters. The van der Waals surface area contributed by atoms with E-state index < -0.39 is 0 Å². The molecule has 0 amide bonds. The summed E-state index contributed by atoms with van der Waals surface area (Å²) in [6, 6.07) is 16.9. The summed E-state index contributed by atoms with van der Waals surface area (Å²) in [4.78, 5) is 7.34. The molecule has 25 heavy (non-hydrogen) atoms. The fourth-order valence-corrected chi connectivity index (χ4v) is 3.86. The molecule has 2 heterocycles. The molecule has 1 saturated heterocycles. The van der Waals surface area contributed by atoms with Gasteiger partial charge in [0, 0.05) is 7.05 Å². The van der Waals surface area contributed by atoms with Crippen LogP contribution in [0.4, 0.5) is 0 Å². The number of likely N-dealkylation sites (tertiary alicyclic amines) is 1. The molecule has 1 aliphatic heterocycles. The van der Waals surface area contributed by atoms with Crippen LogP contribution in [0.3, 0.4) is 0 Å². The maximum atomic E-state index is 5.37. The van der Waals surface area contributed by atoms with E-state index in [4.69, 9.17) is 9.72 Å². The summed E-state index contributed by atoms with van der Waals surface area (Å²) in [5, 5.41) is 0. The highest BCUT2D eigenvalue weighted by atomic mass is 16.5. The third kappa shape index (κ3) is 3.27. The first-order valence-corrected chi connectivity index (χ1v) is 9.01.